The molecule has 10 heteroatoms. The van der Waals surface area contributed by atoms with E-state index in [0.717, 1.165) is 15.9 Å². The predicted molar refractivity (Wildman–Crippen MR) is 109 cm³/mol. The van der Waals surface area contributed by atoms with Crippen LogP contribution in [0.3, 0.4) is 0 Å². The van der Waals surface area contributed by atoms with Gasteiger partial charge in [-0.15, -0.1) is 0 Å². The Morgan fingerprint density at radius 2 is 1.86 bits per heavy atom. The van der Waals surface area contributed by atoms with Gasteiger partial charge in [0, 0.05) is 24.7 Å². The quantitative estimate of drug-likeness (QED) is 0.747. The average molecular weight is 442 g/mol. The lowest BCUT2D eigenvalue weighted by Gasteiger charge is -2.34. The molecule has 2 aromatic rings. The van der Waals surface area contributed by atoms with Gasteiger partial charge in [0.15, 0.2) is 0 Å². The van der Waals surface area contributed by atoms with Gasteiger partial charge in [0.1, 0.15) is 11.6 Å². The molecule has 1 aliphatic rings. The molecule has 1 heterocycles. The molecule has 29 heavy (non-hydrogen) atoms. The van der Waals surface area contributed by atoms with E-state index < -0.39 is 28.5 Å². The van der Waals surface area contributed by atoms with Crippen molar-refractivity contribution in [2.75, 3.05) is 32.1 Å². The van der Waals surface area contributed by atoms with Gasteiger partial charge in [-0.05, 0) is 42.3 Å². The fourth-order valence-electron chi connectivity index (χ4n) is 3.01. The molecule has 0 bridgehead atoms. The van der Waals surface area contributed by atoms with Crippen LogP contribution in [0.25, 0.3) is 0 Å². The molecule has 7 nitrogen and oxygen atoms in total. The second kappa shape index (κ2) is 9.08. The van der Waals surface area contributed by atoms with Crippen molar-refractivity contribution in [1.82, 2.24) is 8.61 Å². The van der Waals surface area contributed by atoms with Crippen LogP contribution in [0.1, 0.15) is 12.0 Å². The normalized spacial score (nSPS) is 17.1. The molecule has 0 spiro atoms. The highest BCUT2D eigenvalue weighted by Crippen LogP contribution is 2.22. The first-order valence-corrected chi connectivity index (χ1v) is 10.7. The van der Waals surface area contributed by atoms with E-state index in [0.29, 0.717) is 18.7 Å². The molecule has 0 radical (unpaired) electrons. The van der Waals surface area contributed by atoms with E-state index in [-0.39, 0.29) is 23.8 Å². The molecular formula is C19H21ClFN3O4S. The number of hydrogen-bond acceptors (Lipinski definition) is 4. The summed E-state index contributed by atoms with van der Waals surface area (Å²) in [5.74, 6) is -0.627. The molecule has 0 aromatic heterocycles. The topological polar surface area (TPSA) is 79.0 Å². The summed E-state index contributed by atoms with van der Waals surface area (Å²) in [5, 5.41) is 2.59. The van der Waals surface area contributed by atoms with Gasteiger partial charge in [0.2, 0.25) is 5.91 Å². The van der Waals surface area contributed by atoms with Crippen LogP contribution >= 0.6 is 11.6 Å². The van der Waals surface area contributed by atoms with Crippen molar-refractivity contribution in [2.24, 2.45) is 0 Å². The second-order valence-corrected chi connectivity index (χ2v) is 8.91. The number of nitrogens with one attached hydrogen (secondary N) is 1. The summed E-state index contributed by atoms with van der Waals surface area (Å²) in [6.07, 6.45) is 0.581. The number of hydrogen-bond donors (Lipinski definition) is 1. The summed E-state index contributed by atoms with van der Waals surface area (Å²) in [6.45, 7) is 0.371. The van der Waals surface area contributed by atoms with E-state index in [9.17, 15) is 17.6 Å². The third-order valence-electron chi connectivity index (χ3n) is 4.51. The summed E-state index contributed by atoms with van der Waals surface area (Å²) in [5.41, 5.74) is 0.757. The molecule has 0 atom stereocenters. The summed E-state index contributed by atoms with van der Waals surface area (Å²) in [6, 6.07) is 11.0. The molecule has 1 aliphatic heterocycles. The number of nitrogens with zero attached hydrogens (tertiary/aromatic N) is 2. The second-order valence-electron chi connectivity index (χ2n) is 6.55. The van der Waals surface area contributed by atoms with E-state index >= 15 is 0 Å². The van der Waals surface area contributed by atoms with Gasteiger partial charge in [-0.1, -0.05) is 23.7 Å². The molecule has 3 rings (SSSR count). The maximum absolute atomic E-state index is 13.9. The third-order valence-corrected chi connectivity index (χ3v) is 6.67. The van der Waals surface area contributed by atoms with Gasteiger partial charge < -0.3 is 10.1 Å². The van der Waals surface area contributed by atoms with Crippen LogP contribution in [0.15, 0.2) is 42.5 Å². The van der Waals surface area contributed by atoms with Crippen molar-refractivity contribution in [1.29, 1.82) is 0 Å². The van der Waals surface area contributed by atoms with E-state index in [4.69, 9.17) is 16.3 Å². The first-order valence-electron chi connectivity index (χ1n) is 8.92. The maximum atomic E-state index is 13.9. The highest BCUT2D eigenvalue weighted by Gasteiger charge is 2.34. The molecule has 0 unspecified atom stereocenters. The number of carbonyl (C=O) groups is 1. The van der Waals surface area contributed by atoms with Crippen LogP contribution in [0.5, 0.6) is 5.75 Å². The lowest BCUT2D eigenvalue weighted by Crippen LogP contribution is -2.51. The standard InChI is InChI=1S/C19H21ClFN3O4S/c1-28-16-6-3-14(4-7-16)12-23-9-2-10-24(29(23,26)27)13-19(25)22-18-8-5-15(20)11-17(18)21/h3-8,11H,2,9-10,12-13H2,1H3,(H,22,25). The molecule has 1 fully saturated rings. The van der Waals surface area contributed by atoms with Crippen LogP contribution in [-0.2, 0) is 21.5 Å². The zero-order valence-corrected chi connectivity index (χ0v) is 17.3. The van der Waals surface area contributed by atoms with Crippen molar-refractivity contribution in [2.45, 2.75) is 13.0 Å². The van der Waals surface area contributed by atoms with E-state index in [1.165, 1.54) is 16.4 Å². The number of amides is 1. The Labute approximate surface area is 174 Å². The molecule has 1 saturated heterocycles. The fourth-order valence-corrected chi connectivity index (χ4v) is 4.81. The smallest absolute Gasteiger partial charge is 0.282 e. The fraction of sp³-hybridized carbons (Fsp3) is 0.316. The van der Waals surface area contributed by atoms with Crippen LogP contribution < -0.4 is 10.1 Å². The Morgan fingerprint density at radius 1 is 1.17 bits per heavy atom. The Kier molecular flexibility index (Phi) is 6.74. The maximum Gasteiger partial charge on any atom is 0.282 e. The Hall–Kier alpha value is -2.20. The van der Waals surface area contributed by atoms with Gasteiger partial charge in [0.05, 0.1) is 19.3 Å². The SMILES string of the molecule is COc1ccc(CN2CCCN(CC(=O)Nc3ccc(Cl)cc3F)S2(=O)=O)cc1. The van der Waals surface area contributed by atoms with Crippen LogP contribution in [0.2, 0.25) is 5.02 Å². The predicted octanol–water partition coefficient (Wildman–Crippen LogP) is 2.88. The number of methoxy groups -OCH3 is 1. The molecule has 156 valence electrons. The van der Waals surface area contributed by atoms with Crippen molar-refractivity contribution in [3.63, 3.8) is 0 Å². The van der Waals surface area contributed by atoms with Crippen LogP contribution in [0, 0.1) is 5.82 Å². The number of anilines is 1. The highest BCUT2D eigenvalue weighted by atomic mass is 35.5. The molecule has 1 amide bonds. The first-order chi connectivity index (χ1) is 13.8. The number of benzene rings is 2. The summed E-state index contributed by atoms with van der Waals surface area (Å²) in [4.78, 5) is 12.3. The highest BCUT2D eigenvalue weighted by molar-refractivity contribution is 7.86. The van der Waals surface area contributed by atoms with Gasteiger partial charge in [0.25, 0.3) is 10.2 Å². The van der Waals surface area contributed by atoms with E-state index in [1.807, 2.05) is 0 Å². The minimum absolute atomic E-state index is 0.0519. The Morgan fingerprint density at radius 3 is 2.52 bits per heavy atom. The van der Waals surface area contributed by atoms with Crippen LogP contribution in [-0.4, -0.2) is 49.7 Å². The first kappa shape index (κ1) is 21.5. The minimum atomic E-state index is -3.82. The molecular weight excluding hydrogens is 421 g/mol. The Balaban J connectivity index is 1.66. The lowest BCUT2D eigenvalue weighted by molar-refractivity contribution is -0.116. The van der Waals surface area contributed by atoms with Crippen molar-refractivity contribution < 1.29 is 22.3 Å². The third kappa shape index (κ3) is 5.24. The summed E-state index contributed by atoms with van der Waals surface area (Å²) in [7, 11) is -2.26. The van der Waals surface area contributed by atoms with Crippen molar-refractivity contribution in [3.8, 4) is 5.75 Å². The van der Waals surface area contributed by atoms with E-state index in [1.54, 1.807) is 31.4 Å². The average Bonchev–Trinajstić information content (AvgIpc) is 2.68. The number of halogens is 2. The largest absolute Gasteiger partial charge is 0.497 e. The lowest BCUT2D eigenvalue weighted by atomic mass is 10.2. The number of ether oxygens (including phenoxy) is 1. The van der Waals surface area contributed by atoms with E-state index in [2.05, 4.69) is 5.32 Å². The zero-order chi connectivity index (χ0) is 21.0. The molecule has 1 N–H and O–H groups in total. The summed E-state index contributed by atoms with van der Waals surface area (Å²) >= 11 is 5.69. The number of carbonyl (C=O) groups excluding carboxylic acids is 1. The van der Waals surface area contributed by atoms with Gasteiger partial charge in [-0.3, -0.25) is 4.79 Å². The molecule has 0 aliphatic carbocycles. The van der Waals surface area contributed by atoms with Gasteiger partial charge >= 0.3 is 0 Å². The van der Waals surface area contributed by atoms with Crippen LogP contribution in [0.4, 0.5) is 10.1 Å². The van der Waals surface area contributed by atoms with Crippen molar-refractivity contribution in [3.05, 3.63) is 58.9 Å². The Bertz CT molecular complexity index is 985. The van der Waals surface area contributed by atoms with Gasteiger partial charge in [-0.25, -0.2) is 4.39 Å². The minimum Gasteiger partial charge on any atom is -0.497 e. The van der Waals surface area contributed by atoms with Crippen molar-refractivity contribution >= 4 is 33.4 Å². The zero-order valence-electron chi connectivity index (χ0n) is 15.8. The molecule has 2 aromatic carbocycles. The number of rotatable bonds is 6. The molecule has 0 saturated carbocycles. The summed E-state index contributed by atoms with van der Waals surface area (Å²) < 4.78 is 47.2. The van der Waals surface area contributed by atoms with Gasteiger partial charge in [-0.2, -0.15) is 17.0 Å². The monoisotopic (exact) mass is 441 g/mol.